The zero-order valence-electron chi connectivity index (χ0n) is 13.3. The quantitative estimate of drug-likeness (QED) is 0.925. The first-order valence-electron chi connectivity index (χ1n) is 7.45. The van der Waals surface area contributed by atoms with Crippen LogP contribution in [0.2, 0.25) is 0 Å². The lowest BCUT2D eigenvalue weighted by atomic mass is 10.1. The summed E-state index contributed by atoms with van der Waals surface area (Å²) in [6, 6.07) is 6.36. The van der Waals surface area contributed by atoms with Crippen molar-refractivity contribution in [3.8, 4) is 0 Å². The summed E-state index contributed by atoms with van der Waals surface area (Å²) >= 11 is 2.08. The van der Waals surface area contributed by atoms with Crippen molar-refractivity contribution < 1.29 is 0 Å². The molecule has 0 spiro atoms. The van der Waals surface area contributed by atoms with Crippen LogP contribution in [-0.2, 0) is 6.54 Å². The molecule has 1 aromatic heterocycles. The molecule has 2 atom stereocenters. The third-order valence-corrected chi connectivity index (χ3v) is 4.56. The Morgan fingerprint density at radius 1 is 1.25 bits per heavy atom. The van der Waals surface area contributed by atoms with Crippen molar-refractivity contribution in [1.82, 2.24) is 10.3 Å². The van der Waals surface area contributed by atoms with Crippen molar-refractivity contribution in [3.63, 3.8) is 0 Å². The molecular weight excluding hydrogens is 266 g/mol. The molecule has 3 nitrogen and oxygen atoms in total. The maximum atomic E-state index is 4.82. The Morgan fingerprint density at radius 2 is 1.90 bits per heavy atom. The van der Waals surface area contributed by atoms with Crippen LogP contribution in [0.4, 0.5) is 5.82 Å². The number of nitrogens with one attached hydrogen (secondary N) is 1. The zero-order valence-corrected chi connectivity index (χ0v) is 14.1. The highest BCUT2D eigenvalue weighted by Crippen LogP contribution is 2.27. The van der Waals surface area contributed by atoms with Gasteiger partial charge in [-0.25, -0.2) is 4.98 Å². The zero-order chi connectivity index (χ0) is 14.8. The minimum atomic E-state index is 0.127. The van der Waals surface area contributed by atoms with Gasteiger partial charge in [-0.05, 0) is 32.9 Å². The molecule has 112 valence electrons. The van der Waals surface area contributed by atoms with E-state index in [0.29, 0.717) is 10.5 Å². The largest absolute Gasteiger partial charge is 0.354 e. The number of rotatable bonds is 3. The fourth-order valence-corrected chi connectivity index (χ4v) is 3.79. The van der Waals surface area contributed by atoms with E-state index in [1.807, 2.05) is 0 Å². The Morgan fingerprint density at radius 3 is 2.50 bits per heavy atom. The SMILES string of the molecule is CC1CN(c2cccc(CNC(C)(C)C)n2)CC(C)S1. The number of hydrogen-bond donors (Lipinski definition) is 1. The summed E-state index contributed by atoms with van der Waals surface area (Å²) < 4.78 is 0. The summed E-state index contributed by atoms with van der Waals surface area (Å²) in [7, 11) is 0. The molecule has 1 aromatic rings. The lowest BCUT2D eigenvalue weighted by molar-refractivity contribution is 0.421. The minimum absolute atomic E-state index is 0.127. The first kappa shape index (κ1) is 15.6. The van der Waals surface area contributed by atoms with Crippen molar-refractivity contribution in [2.75, 3.05) is 18.0 Å². The number of hydrogen-bond acceptors (Lipinski definition) is 4. The molecule has 2 rings (SSSR count). The lowest BCUT2D eigenvalue weighted by Crippen LogP contribution is -2.41. The predicted molar refractivity (Wildman–Crippen MR) is 89.6 cm³/mol. The molecule has 0 aliphatic carbocycles. The van der Waals surface area contributed by atoms with Gasteiger partial charge in [0.2, 0.25) is 0 Å². The van der Waals surface area contributed by atoms with E-state index in [9.17, 15) is 0 Å². The van der Waals surface area contributed by atoms with Crippen LogP contribution in [0.1, 0.15) is 40.3 Å². The van der Waals surface area contributed by atoms with E-state index in [0.717, 1.165) is 31.1 Å². The summed E-state index contributed by atoms with van der Waals surface area (Å²) in [6.45, 7) is 14.2. The van der Waals surface area contributed by atoms with Crippen LogP contribution in [-0.4, -0.2) is 34.1 Å². The molecule has 0 aromatic carbocycles. The van der Waals surface area contributed by atoms with Gasteiger partial charge in [0.15, 0.2) is 0 Å². The van der Waals surface area contributed by atoms with E-state index >= 15 is 0 Å². The first-order valence-corrected chi connectivity index (χ1v) is 8.39. The second kappa shape index (κ2) is 6.35. The fraction of sp³-hybridized carbons (Fsp3) is 0.688. The van der Waals surface area contributed by atoms with Gasteiger partial charge in [-0.3, -0.25) is 0 Å². The summed E-state index contributed by atoms with van der Waals surface area (Å²) in [5, 5.41) is 4.86. The van der Waals surface area contributed by atoms with Gasteiger partial charge >= 0.3 is 0 Å². The van der Waals surface area contributed by atoms with Gasteiger partial charge < -0.3 is 10.2 Å². The van der Waals surface area contributed by atoms with Gasteiger partial charge in [0.05, 0.1) is 5.69 Å². The summed E-state index contributed by atoms with van der Waals surface area (Å²) in [6.07, 6.45) is 0. The monoisotopic (exact) mass is 293 g/mol. The summed E-state index contributed by atoms with van der Waals surface area (Å²) in [4.78, 5) is 7.25. The molecule has 0 radical (unpaired) electrons. The molecule has 1 aliphatic heterocycles. The Labute approximate surface area is 127 Å². The van der Waals surface area contributed by atoms with Crippen LogP contribution < -0.4 is 10.2 Å². The molecule has 1 fully saturated rings. The Bertz CT molecular complexity index is 432. The standard InChI is InChI=1S/C16H27N3S/c1-12-10-19(11-13(2)20-12)15-8-6-7-14(18-15)9-17-16(3,4)5/h6-8,12-13,17H,9-11H2,1-5H3. The van der Waals surface area contributed by atoms with E-state index in [1.54, 1.807) is 0 Å². The van der Waals surface area contributed by atoms with E-state index in [2.05, 4.69) is 74.8 Å². The molecule has 0 amide bonds. The Balaban J connectivity index is 2.05. The van der Waals surface area contributed by atoms with Crippen LogP contribution in [0, 0.1) is 0 Å². The maximum absolute atomic E-state index is 4.82. The lowest BCUT2D eigenvalue weighted by Gasteiger charge is -2.35. The normalized spacial score (nSPS) is 23.9. The molecule has 0 saturated carbocycles. The fourth-order valence-electron chi connectivity index (χ4n) is 2.46. The molecule has 20 heavy (non-hydrogen) atoms. The van der Waals surface area contributed by atoms with Gasteiger partial charge in [-0.1, -0.05) is 19.9 Å². The van der Waals surface area contributed by atoms with Crippen molar-refractivity contribution in [2.24, 2.45) is 0 Å². The Kier molecular flexibility index (Phi) is 4.97. The number of nitrogens with zero attached hydrogens (tertiary/aromatic N) is 2. The van der Waals surface area contributed by atoms with Crippen LogP contribution >= 0.6 is 11.8 Å². The predicted octanol–water partition coefficient (Wildman–Crippen LogP) is 3.30. The van der Waals surface area contributed by atoms with E-state index < -0.39 is 0 Å². The highest BCUT2D eigenvalue weighted by Gasteiger charge is 2.23. The van der Waals surface area contributed by atoms with Crippen LogP contribution in [0.25, 0.3) is 0 Å². The van der Waals surface area contributed by atoms with Gasteiger partial charge in [0, 0.05) is 35.7 Å². The van der Waals surface area contributed by atoms with Crippen molar-refractivity contribution in [3.05, 3.63) is 23.9 Å². The van der Waals surface area contributed by atoms with Gasteiger partial charge in [0.1, 0.15) is 5.82 Å². The Hall–Kier alpha value is -0.740. The van der Waals surface area contributed by atoms with Crippen LogP contribution in [0.15, 0.2) is 18.2 Å². The van der Waals surface area contributed by atoms with Crippen molar-refractivity contribution in [2.45, 2.75) is 57.2 Å². The molecule has 0 bridgehead atoms. The highest BCUT2D eigenvalue weighted by atomic mass is 32.2. The second-order valence-corrected chi connectivity index (χ2v) is 8.63. The molecule has 1 N–H and O–H groups in total. The van der Waals surface area contributed by atoms with E-state index in [4.69, 9.17) is 4.98 Å². The van der Waals surface area contributed by atoms with E-state index in [-0.39, 0.29) is 5.54 Å². The highest BCUT2D eigenvalue weighted by molar-refractivity contribution is 8.00. The second-order valence-electron chi connectivity index (χ2n) is 6.75. The van der Waals surface area contributed by atoms with Gasteiger partial charge in [-0.15, -0.1) is 0 Å². The van der Waals surface area contributed by atoms with Crippen molar-refractivity contribution in [1.29, 1.82) is 0 Å². The topological polar surface area (TPSA) is 28.2 Å². The third-order valence-electron chi connectivity index (χ3n) is 3.34. The summed E-state index contributed by atoms with van der Waals surface area (Å²) in [5.74, 6) is 1.12. The molecule has 2 unspecified atom stereocenters. The smallest absolute Gasteiger partial charge is 0.128 e. The summed E-state index contributed by atoms with van der Waals surface area (Å²) in [5.41, 5.74) is 1.25. The molecule has 1 aliphatic rings. The van der Waals surface area contributed by atoms with Crippen LogP contribution in [0.3, 0.4) is 0 Å². The molecule has 1 saturated heterocycles. The molecule has 2 heterocycles. The van der Waals surface area contributed by atoms with E-state index in [1.165, 1.54) is 0 Å². The number of anilines is 1. The molecule has 4 heteroatoms. The van der Waals surface area contributed by atoms with Crippen molar-refractivity contribution >= 4 is 17.6 Å². The number of pyridine rings is 1. The van der Waals surface area contributed by atoms with Crippen LogP contribution in [0.5, 0.6) is 0 Å². The third kappa shape index (κ3) is 4.67. The van der Waals surface area contributed by atoms with Gasteiger partial charge in [-0.2, -0.15) is 11.8 Å². The average Bonchev–Trinajstić information content (AvgIpc) is 2.35. The first-order chi connectivity index (χ1) is 9.33. The average molecular weight is 293 g/mol. The molecular formula is C16H27N3S. The maximum Gasteiger partial charge on any atom is 0.128 e. The minimum Gasteiger partial charge on any atom is -0.354 e. The van der Waals surface area contributed by atoms with Gasteiger partial charge in [0.25, 0.3) is 0 Å². The number of thioether (sulfide) groups is 1. The number of aromatic nitrogens is 1.